The summed E-state index contributed by atoms with van der Waals surface area (Å²) in [6, 6.07) is 4.37. The third-order valence-electron chi connectivity index (χ3n) is 3.66. The Morgan fingerprint density at radius 2 is 2.38 bits per heavy atom. The molecule has 3 heteroatoms. The average molecular weight is 217 g/mol. The Balaban J connectivity index is 1.61. The molecule has 1 aromatic heterocycles. The minimum absolute atomic E-state index is 0.773. The lowest BCUT2D eigenvalue weighted by Gasteiger charge is -2.11. The van der Waals surface area contributed by atoms with Gasteiger partial charge < -0.3 is 10.6 Å². The van der Waals surface area contributed by atoms with Crippen molar-refractivity contribution in [1.82, 2.24) is 10.3 Å². The quantitative estimate of drug-likeness (QED) is 0.807. The van der Waals surface area contributed by atoms with E-state index >= 15 is 0 Å². The highest BCUT2D eigenvalue weighted by molar-refractivity contribution is 5.40. The number of anilines is 1. The first-order chi connectivity index (χ1) is 7.92. The zero-order chi connectivity index (χ0) is 10.8. The number of pyridine rings is 1. The molecule has 0 saturated carbocycles. The Kier molecular flexibility index (Phi) is 2.79. The number of hydrogen-bond donors (Lipinski definition) is 2. The van der Waals surface area contributed by atoms with Crippen LogP contribution in [0.1, 0.15) is 24.1 Å². The van der Waals surface area contributed by atoms with Gasteiger partial charge in [-0.1, -0.05) is 6.07 Å². The zero-order valence-electron chi connectivity index (χ0n) is 9.63. The van der Waals surface area contributed by atoms with Gasteiger partial charge in [-0.2, -0.15) is 0 Å². The van der Waals surface area contributed by atoms with Crippen LogP contribution in [0.3, 0.4) is 0 Å². The van der Waals surface area contributed by atoms with Crippen molar-refractivity contribution in [2.75, 3.05) is 25.0 Å². The third-order valence-corrected chi connectivity index (χ3v) is 3.66. The SMILES string of the molecule is c1cc2c(nc1NCC1CCNC1)CCC2. The predicted octanol–water partition coefficient (Wildman–Crippen LogP) is 1.59. The summed E-state index contributed by atoms with van der Waals surface area (Å²) in [6.45, 7) is 3.38. The van der Waals surface area contributed by atoms with Crippen molar-refractivity contribution >= 4 is 5.82 Å². The highest BCUT2D eigenvalue weighted by Gasteiger charge is 2.15. The molecule has 86 valence electrons. The van der Waals surface area contributed by atoms with Crippen molar-refractivity contribution < 1.29 is 0 Å². The summed E-state index contributed by atoms with van der Waals surface area (Å²) in [5.41, 5.74) is 2.77. The smallest absolute Gasteiger partial charge is 0.126 e. The number of aromatic nitrogens is 1. The van der Waals surface area contributed by atoms with E-state index in [0.717, 1.165) is 31.2 Å². The van der Waals surface area contributed by atoms with Gasteiger partial charge in [0.15, 0.2) is 0 Å². The molecule has 1 unspecified atom stereocenters. The Morgan fingerprint density at radius 1 is 1.38 bits per heavy atom. The second kappa shape index (κ2) is 4.42. The summed E-state index contributed by atoms with van der Waals surface area (Å²) < 4.78 is 0. The molecule has 1 fully saturated rings. The van der Waals surface area contributed by atoms with Gasteiger partial charge >= 0.3 is 0 Å². The van der Waals surface area contributed by atoms with Gasteiger partial charge in [0.2, 0.25) is 0 Å². The maximum Gasteiger partial charge on any atom is 0.126 e. The molecule has 0 aromatic carbocycles. The second-order valence-electron chi connectivity index (χ2n) is 4.90. The first kappa shape index (κ1) is 10.1. The summed E-state index contributed by atoms with van der Waals surface area (Å²) in [7, 11) is 0. The van der Waals surface area contributed by atoms with E-state index < -0.39 is 0 Å². The van der Waals surface area contributed by atoms with Gasteiger partial charge in [0.25, 0.3) is 0 Å². The molecular weight excluding hydrogens is 198 g/mol. The molecule has 1 aliphatic carbocycles. The summed E-state index contributed by atoms with van der Waals surface area (Å²) in [4.78, 5) is 4.68. The van der Waals surface area contributed by atoms with Crippen LogP contribution >= 0.6 is 0 Å². The predicted molar refractivity (Wildman–Crippen MR) is 65.7 cm³/mol. The summed E-state index contributed by atoms with van der Waals surface area (Å²) in [6.07, 6.45) is 4.95. The Hall–Kier alpha value is -1.09. The highest BCUT2D eigenvalue weighted by atomic mass is 15.0. The zero-order valence-corrected chi connectivity index (χ0v) is 9.63. The van der Waals surface area contributed by atoms with Crippen LogP contribution < -0.4 is 10.6 Å². The first-order valence-electron chi connectivity index (χ1n) is 6.35. The molecule has 3 nitrogen and oxygen atoms in total. The van der Waals surface area contributed by atoms with Crippen LogP contribution in [0.15, 0.2) is 12.1 Å². The van der Waals surface area contributed by atoms with Crippen LogP contribution in [-0.4, -0.2) is 24.6 Å². The van der Waals surface area contributed by atoms with Gasteiger partial charge in [0, 0.05) is 12.2 Å². The highest BCUT2D eigenvalue weighted by Crippen LogP contribution is 2.21. The van der Waals surface area contributed by atoms with Gasteiger partial charge in [-0.15, -0.1) is 0 Å². The number of rotatable bonds is 3. The lowest BCUT2D eigenvalue weighted by Crippen LogP contribution is -2.17. The van der Waals surface area contributed by atoms with Crippen LogP contribution in [0, 0.1) is 5.92 Å². The van der Waals surface area contributed by atoms with Crippen molar-refractivity contribution in [1.29, 1.82) is 0 Å². The number of hydrogen-bond acceptors (Lipinski definition) is 3. The van der Waals surface area contributed by atoms with Gasteiger partial charge in [-0.05, 0) is 56.3 Å². The Morgan fingerprint density at radius 3 is 3.25 bits per heavy atom. The maximum absolute atomic E-state index is 4.68. The fourth-order valence-electron chi connectivity index (χ4n) is 2.66. The summed E-state index contributed by atoms with van der Waals surface area (Å²) in [5, 5.41) is 6.86. The molecule has 3 rings (SSSR count). The second-order valence-corrected chi connectivity index (χ2v) is 4.90. The van der Waals surface area contributed by atoms with Crippen molar-refractivity contribution in [3.8, 4) is 0 Å². The molecule has 2 heterocycles. The molecule has 1 aromatic rings. The third kappa shape index (κ3) is 2.05. The van der Waals surface area contributed by atoms with E-state index in [1.807, 2.05) is 0 Å². The number of nitrogens with zero attached hydrogens (tertiary/aromatic N) is 1. The average Bonchev–Trinajstić information content (AvgIpc) is 2.97. The largest absolute Gasteiger partial charge is 0.370 e. The molecule has 1 atom stereocenters. The lowest BCUT2D eigenvalue weighted by atomic mass is 10.1. The van der Waals surface area contributed by atoms with E-state index in [2.05, 4.69) is 27.8 Å². The van der Waals surface area contributed by atoms with Crippen molar-refractivity contribution in [2.45, 2.75) is 25.7 Å². The molecule has 0 spiro atoms. The van der Waals surface area contributed by atoms with Gasteiger partial charge in [0.05, 0.1) is 0 Å². The molecule has 2 N–H and O–H groups in total. The minimum atomic E-state index is 0.773. The van der Waals surface area contributed by atoms with Crippen LogP contribution in [0.2, 0.25) is 0 Å². The Bertz CT molecular complexity index is 369. The van der Waals surface area contributed by atoms with E-state index in [-0.39, 0.29) is 0 Å². The van der Waals surface area contributed by atoms with Gasteiger partial charge in [0.1, 0.15) is 5.82 Å². The molecule has 0 amide bonds. The normalized spacial score (nSPS) is 23.4. The first-order valence-corrected chi connectivity index (χ1v) is 6.35. The van der Waals surface area contributed by atoms with E-state index in [1.165, 1.54) is 37.1 Å². The fourth-order valence-corrected chi connectivity index (χ4v) is 2.66. The molecule has 16 heavy (non-hydrogen) atoms. The molecular formula is C13H19N3. The lowest BCUT2D eigenvalue weighted by molar-refractivity contribution is 0.614. The van der Waals surface area contributed by atoms with Crippen molar-refractivity contribution in [2.24, 2.45) is 5.92 Å². The van der Waals surface area contributed by atoms with Crippen LogP contribution in [0.5, 0.6) is 0 Å². The van der Waals surface area contributed by atoms with Crippen LogP contribution in [-0.2, 0) is 12.8 Å². The molecule has 1 aliphatic heterocycles. The van der Waals surface area contributed by atoms with E-state index in [1.54, 1.807) is 0 Å². The number of nitrogens with one attached hydrogen (secondary N) is 2. The van der Waals surface area contributed by atoms with Gasteiger partial charge in [-0.25, -0.2) is 4.98 Å². The summed E-state index contributed by atoms with van der Waals surface area (Å²) >= 11 is 0. The summed E-state index contributed by atoms with van der Waals surface area (Å²) in [5.74, 6) is 1.84. The monoisotopic (exact) mass is 217 g/mol. The van der Waals surface area contributed by atoms with Crippen molar-refractivity contribution in [3.63, 3.8) is 0 Å². The van der Waals surface area contributed by atoms with E-state index in [4.69, 9.17) is 0 Å². The van der Waals surface area contributed by atoms with Gasteiger partial charge in [-0.3, -0.25) is 0 Å². The molecule has 1 saturated heterocycles. The van der Waals surface area contributed by atoms with Crippen molar-refractivity contribution in [3.05, 3.63) is 23.4 Å². The Labute approximate surface area is 96.7 Å². The topological polar surface area (TPSA) is 37.0 Å². The van der Waals surface area contributed by atoms with Crippen LogP contribution in [0.25, 0.3) is 0 Å². The fraction of sp³-hybridized carbons (Fsp3) is 0.615. The van der Waals surface area contributed by atoms with E-state index in [0.29, 0.717) is 0 Å². The van der Waals surface area contributed by atoms with Crippen LogP contribution in [0.4, 0.5) is 5.82 Å². The molecule has 0 radical (unpaired) electrons. The molecule has 2 aliphatic rings. The molecule has 0 bridgehead atoms. The van der Waals surface area contributed by atoms with E-state index in [9.17, 15) is 0 Å². The number of fused-ring (bicyclic) bond motifs is 1. The standard InChI is InChI=1S/C13H19N3/c1-2-11-4-5-13(16-12(11)3-1)15-9-10-6-7-14-8-10/h4-5,10,14H,1-3,6-9H2,(H,15,16). The number of aryl methyl sites for hydroxylation is 2. The minimum Gasteiger partial charge on any atom is -0.370 e. The maximum atomic E-state index is 4.68.